The van der Waals surface area contributed by atoms with E-state index >= 15 is 0 Å². The Bertz CT molecular complexity index is 465. The fourth-order valence-corrected chi connectivity index (χ4v) is 1.30. The number of ether oxygens (including phenoxy) is 1. The predicted octanol–water partition coefficient (Wildman–Crippen LogP) is 1.36. The number of pyridine rings is 1. The number of nitrogens with zero attached hydrogens (tertiary/aromatic N) is 1. The van der Waals surface area contributed by atoms with Crippen molar-refractivity contribution < 1.29 is 22.7 Å². The summed E-state index contributed by atoms with van der Waals surface area (Å²) in [6, 6.07) is 0.695. The Kier molecular flexibility index (Phi) is 4.54. The van der Waals surface area contributed by atoms with Gasteiger partial charge in [0.05, 0.1) is 12.7 Å². The number of esters is 1. The second kappa shape index (κ2) is 5.74. The Balaban J connectivity index is 3.04. The van der Waals surface area contributed by atoms with Crippen LogP contribution in [0, 0.1) is 0 Å². The molecule has 1 aromatic rings. The second-order valence-corrected chi connectivity index (χ2v) is 3.66. The molecular formula is C10H13F3N4O2. The number of carbonyl (C=O) groups is 1. The summed E-state index contributed by atoms with van der Waals surface area (Å²) in [5.74, 6) is 4.11. The van der Waals surface area contributed by atoms with Gasteiger partial charge >= 0.3 is 12.1 Å². The average Bonchev–Trinajstić information content (AvgIpc) is 2.36. The van der Waals surface area contributed by atoms with Gasteiger partial charge in [0, 0.05) is 0 Å². The molecule has 1 rings (SSSR count). The Morgan fingerprint density at radius 2 is 2.00 bits per heavy atom. The highest BCUT2D eigenvalue weighted by atomic mass is 19.4. The van der Waals surface area contributed by atoms with E-state index in [0.29, 0.717) is 0 Å². The van der Waals surface area contributed by atoms with E-state index in [1.165, 1.54) is 14.0 Å². The predicted molar refractivity (Wildman–Crippen MR) is 62.1 cm³/mol. The van der Waals surface area contributed by atoms with Crippen LogP contribution in [-0.4, -0.2) is 24.1 Å². The van der Waals surface area contributed by atoms with Crippen LogP contribution in [0.3, 0.4) is 0 Å². The molecule has 1 atom stereocenters. The SMILES string of the molecule is COC(=O)C(C)Nc1cc(C(F)(F)F)cc(NN)n1. The molecule has 0 aliphatic carbocycles. The maximum Gasteiger partial charge on any atom is 0.416 e. The number of hydrogen-bond donors (Lipinski definition) is 3. The van der Waals surface area contributed by atoms with Crippen molar-refractivity contribution in [1.82, 2.24) is 4.98 Å². The Hall–Kier alpha value is -2.03. The summed E-state index contributed by atoms with van der Waals surface area (Å²) in [6.45, 7) is 1.43. The summed E-state index contributed by atoms with van der Waals surface area (Å²) >= 11 is 0. The highest BCUT2D eigenvalue weighted by Gasteiger charge is 2.32. The minimum Gasteiger partial charge on any atom is -0.467 e. The third-order valence-electron chi connectivity index (χ3n) is 2.22. The fraction of sp³-hybridized carbons (Fsp3) is 0.400. The Labute approximate surface area is 107 Å². The van der Waals surface area contributed by atoms with Gasteiger partial charge in [-0.05, 0) is 19.1 Å². The second-order valence-electron chi connectivity index (χ2n) is 3.66. The van der Waals surface area contributed by atoms with E-state index in [9.17, 15) is 18.0 Å². The molecule has 0 radical (unpaired) electrons. The maximum absolute atomic E-state index is 12.6. The third kappa shape index (κ3) is 3.98. The Morgan fingerprint density at radius 1 is 1.42 bits per heavy atom. The van der Waals surface area contributed by atoms with Gasteiger partial charge in [0.25, 0.3) is 0 Å². The van der Waals surface area contributed by atoms with Gasteiger partial charge in [-0.3, -0.25) is 0 Å². The summed E-state index contributed by atoms with van der Waals surface area (Å²) in [6.07, 6.45) is -4.54. The van der Waals surface area contributed by atoms with Crippen molar-refractivity contribution >= 4 is 17.6 Å². The van der Waals surface area contributed by atoms with E-state index in [2.05, 4.69) is 15.0 Å². The highest BCUT2D eigenvalue weighted by Crippen LogP contribution is 2.31. The molecule has 0 aromatic carbocycles. The van der Waals surface area contributed by atoms with Gasteiger partial charge in [0.15, 0.2) is 0 Å². The molecule has 4 N–H and O–H groups in total. The normalized spacial score (nSPS) is 12.7. The maximum atomic E-state index is 12.6. The molecule has 0 saturated carbocycles. The molecule has 1 aromatic heterocycles. The lowest BCUT2D eigenvalue weighted by molar-refractivity contribution is -0.141. The van der Waals surface area contributed by atoms with Gasteiger partial charge in [-0.25, -0.2) is 15.6 Å². The van der Waals surface area contributed by atoms with Crippen LogP contribution in [0.2, 0.25) is 0 Å². The van der Waals surface area contributed by atoms with E-state index in [-0.39, 0.29) is 11.6 Å². The molecule has 9 heteroatoms. The lowest BCUT2D eigenvalue weighted by atomic mass is 10.2. The molecule has 0 spiro atoms. The van der Waals surface area contributed by atoms with Crippen LogP contribution in [0.15, 0.2) is 12.1 Å². The standard InChI is InChI=1S/C10H13F3N4O2/c1-5(9(18)19-2)15-7-3-6(10(11,12)13)4-8(16-7)17-14/h3-5H,14H2,1-2H3,(H2,15,16,17). The summed E-state index contributed by atoms with van der Waals surface area (Å²) in [5, 5.41) is 2.50. The molecule has 6 nitrogen and oxygen atoms in total. The number of carbonyl (C=O) groups excluding carboxylic acids is 1. The Morgan fingerprint density at radius 3 is 2.47 bits per heavy atom. The van der Waals surface area contributed by atoms with E-state index < -0.39 is 23.8 Å². The van der Waals surface area contributed by atoms with Crippen molar-refractivity contribution in [3.8, 4) is 0 Å². The van der Waals surface area contributed by atoms with Crippen LogP contribution in [0.5, 0.6) is 0 Å². The first kappa shape index (κ1) is 15.0. The first-order chi connectivity index (χ1) is 8.77. The average molecular weight is 278 g/mol. The van der Waals surface area contributed by atoms with Crippen molar-refractivity contribution in [2.45, 2.75) is 19.1 Å². The van der Waals surface area contributed by atoms with Crippen molar-refractivity contribution in [3.05, 3.63) is 17.7 Å². The van der Waals surface area contributed by atoms with Crippen LogP contribution in [0.25, 0.3) is 0 Å². The minimum absolute atomic E-state index is 0.138. The van der Waals surface area contributed by atoms with Crippen LogP contribution in [0.4, 0.5) is 24.8 Å². The zero-order chi connectivity index (χ0) is 14.6. The number of alkyl halides is 3. The monoisotopic (exact) mass is 278 g/mol. The van der Waals surface area contributed by atoms with Crippen LogP contribution in [-0.2, 0) is 15.7 Å². The highest BCUT2D eigenvalue weighted by molar-refractivity contribution is 5.78. The number of rotatable bonds is 4. The summed E-state index contributed by atoms with van der Waals surface area (Å²) in [4.78, 5) is 14.9. The van der Waals surface area contributed by atoms with E-state index in [1.807, 2.05) is 5.43 Å². The molecule has 19 heavy (non-hydrogen) atoms. The first-order valence-corrected chi connectivity index (χ1v) is 5.18. The number of halogens is 3. The number of nitrogen functional groups attached to an aromatic ring is 1. The van der Waals surface area contributed by atoms with Gasteiger partial charge < -0.3 is 15.5 Å². The molecule has 1 unspecified atom stereocenters. The van der Waals surface area contributed by atoms with Gasteiger partial charge in [0.1, 0.15) is 17.7 Å². The quantitative estimate of drug-likeness (QED) is 0.438. The first-order valence-electron chi connectivity index (χ1n) is 5.18. The summed E-state index contributed by atoms with van der Waals surface area (Å²) < 4.78 is 42.3. The molecule has 0 bridgehead atoms. The summed E-state index contributed by atoms with van der Waals surface area (Å²) in [5.41, 5.74) is 1.09. The van der Waals surface area contributed by atoms with E-state index in [4.69, 9.17) is 5.84 Å². The lowest BCUT2D eigenvalue weighted by Gasteiger charge is -2.15. The molecule has 0 aliphatic heterocycles. The van der Waals surface area contributed by atoms with Gasteiger partial charge in [-0.2, -0.15) is 13.2 Å². The number of hydrogen-bond acceptors (Lipinski definition) is 6. The number of nitrogens with two attached hydrogens (primary N) is 1. The van der Waals surface area contributed by atoms with Crippen LogP contribution < -0.4 is 16.6 Å². The topological polar surface area (TPSA) is 89.3 Å². The van der Waals surface area contributed by atoms with Crippen molar-refractivity contribution in [2.75, 3.05) is 17.9 Å². The van der Waals surface area contributed by atoms with Crippen LogP contribution in [0.1, 0.15) is 12.5 Å². The van der Waals surface area contributed by atoms with Gasteiger partial charge in [-0.1, -0.05) is 0 Å². The summed E-state index contributed by atoms with van der Waals surface area (Å²) in [7, 11) is 1.17. The largest absolute Gasteiger partial charge is 0.467 e. The fourth-order valence-electron chi connectivity index (χ4n) is 1.30. The number of nitrogens with one attached hydrogen (secondary N) is 2. The van der Waals surface area contributed by atoms with E-state index in [1.54, 1.807) is 0 Å². The smallest absolute Gasteiger partial charge is 0.416 e. The molecule has 0 aliphatic rings. The third-order valence-corrected chi connectivity index (χ3v) is 2.22. The zero-order valence-electron chi connectivity index (χ0n) is 10.2. The minimum atomic E-state index is -4.54. The molecule has 0 saturated heterocycles. The number of aromatic nitrogens is 1. The molecule has 0 amide bonds. The molecular weight excluding hydrogens is 265 g/mol. The molecule has 106 valence electrons. The lowest BCUT2D eigenvalue weighted by Crippen LogP contribution is -2.28. The van der Waals surface area contributed by atoms with Crippen LogP contribution >= 0.6 is 0 Å². The number of hydrazine groups is 1. The van der Waals surface area contributed by atoms with Crippen molar-refractivity contribution in [3.63, 3.8) is 0 Å². The van der Waals surface area contributed by atoms with Crippen molar-refractivity contribution in [2.24, 2.45) is 5.84 Å². The van der Waals surface area contributed by atoms with E-state index in [0.717, 1.165) is 12.1 Å². The number of anilines is 2. The molecule has 0 fully saturated rings. The van der Waals surface area contributed by atoms with Gasteiger partial charge in [-0.15, -0.1) is 0 Å². The number of methoxy groups -OCH3 is 1. The molecule has 1 heterocycles. The van der Waals surface area contributed by atoms with Crippen molar-refractivity contribution in [1.29, 1.82) is 0 Å². The zero-order valence-corrected chi connectivity index (χ0v) is 10.2. The van der Waals surface area contributed by atoms with Gasteiger partial charge in [0.2, 0.25) is 0 Å².